The molecule has 0 aromatic carbocycles. The molecule has 0 spiro atoms. The summed E-state index contributed by atoms with van der Waals surface area (Å²) in [4.78, 5) is 22.8. The number of carbonyl (C=O) groups is 1. The first kappa shape index (κ1) is 18.8. The molecule has 1 aliphatic rings. The normalized spacial score (nSPS) is 16.4. The molecule has 1 saturated heterocycles. The summed E-state index contributed by atoms with van der Waals surface area (Å²) in [7, 11) is -3.00. The summed E-state index contributed by atoms with van der Waals surface area (Å²) < 4.78 is 22.9. The first-order valence-electron chi connectivity index (χ1n) is 8.60. The van der Waals surface area contributed by atoms with Crippen LogP contribution in [0.1, 0.15) is 28.0 Å². The number of nitrogens with one attached hydrogen (secondary N) is 1. The van der Waals surface area contributed by atoms with Gasteiger partial charge in [-0.05, 0) is 18.6 Å². The molecule has 3 heterocycles. The van der Waals surface area contributed by atoms with E-state index in [0.29, 0.717) is 11.4 Å². The molecule has 1 amide bonds. The maximum atomic E-state index is 12.4. The van der Waals surface area contributed by atoms with Crippen LogP contribution in [0.15, 0.2) is 23.7 Å². The van der Waals surface area contributed by atoms with Gasteiger partial charge in [0.25, 0.3) is 5.91 Å². The second-order valence-corrected chi connectivity index (χ2v) is 9.39. The fourth-order valence-corrected chi connectivity index (χ4v) is 4.65. The molecule has 140 valence electrons. The minimum atomic E-state index is -3.00. The number of hydrogen-bond acceptors (Lipinski definition) is 7. The molecule has 1 fully saturated rings. The summed E-state index contributed by atoms with van der Waals surface area (Å²) in [5.74, 6) is 0.590. The number of amides is 1. The maximum Gasteiger partial charge on any atom is 0.255 e. The lowest BCUT2D eigenvalue weighted by molar-refractivity contribution is 0.0770. The topological polar surface area (TPSA) is 92.3 Å². The zero-order valence-corrected chi connectivity index (χ0v) is 16.3. The predicted molar refractivity (Wildman–Crippen MR) is 102 cm³/mol. The summed E-state index contributed by atoms with van der Waals surface area (Å²) in [5, 5.41) is 6.45. The van der Waals surface area contributed by atoms with Crippen molar-refractivity contribution in [1.82, 2.24) is 14.9 Å². The number of sulfone groups is 1. The van der Waals surface area contributed by atoms with E-state index in [0.717, 1.165) is 30.1 Å². The monoisotopic (exact) mass is 394 g/mol. The Balaban J connectivity index is 1.50. The predicted octanol–water partition coefficient (Wildman–Crippen LogP) is 1.63. The molecule has 0 atom stereocenters. The van der Waals surface area contributed by atoms with Gasteiger partial charge in [-0.2, -0.15) is 0 Å². The van der Waals surface area contributed by atoms with Crippen molar-refractivity contribution in [1.29, 1.82) is 0 Å². The summed E-state index contributed by atoms with van der Waals surface area (Å²) in [6.45, 7) is 3.30. The Morgan fingerprint density at radius 1 is 1.31 bits per heavy atom. The van der Waals surface area contributed by atoms with Crippen LogP contribution in [0.3, 0.4) is 0 Å². The molecule has 3 rings (SSSR count). The number of anilines is 1. The van der Waals surface area contributed by atoms with Gasteiger partial charge in [0.1, 0.15) is 5.82 Å². The van der Waals surface area contributed by atoms with Crippen LogP contribution in [0.4, 0.5) is 5.82 Å². The van der Waals surface area contributed by atoms with E-state index in [1.807, 2.05) is 0 Å². The van der Waals surface area contributed by atoms with Crippen molar-refractivity contribution >= 4 is 32.9 Å². The third kappa shape index (κ3) is 4.79. The van der Waals surface area contributed by atoms with E-state index >= 15 is 0 Å². The summed E-state index contributed by atoms with van der Waals surface area (Å²) in [6.07, 6.45) is 3.31. The standard InChI is InChI=1S/C17H22N4O3S2/c1-2-16-20-14(12-25-16)5-6-18-15-4-3-13(11-19-15)17(22)21-7-9-26(23,24)10-8-21/h3-4,11-12H,2,5-10H2,1H3,(H,18,19). The number of thiazole rings is 1. The highest BCUT2D eigenvalue weighted by molar-refractivity contribution is 7.91. The molecule has 2 aromatic heterocycles. The molecule has 26 heavy (non-hydrogen) atoms. The number of aromatic nitrogens is 2. The van der Waals surface area contributed by atoms with Gasteiger partial charge in [0.15, 0.2) is 9.84 Å². The van der Waals surface area contributed by atoms with Crippen molar-refractivity contribution in [3.8, 4) is 0 Å². The smallest absolute Gasteiger partial charge is 0.255 e. The molecule has 7 nitrogen and oxygen atoms in total. The number of rotatable bonds is 6. The molecule has 2 aromatic rings. The summed E-state index contributed by atoms with van der Waals surface area (Å²) in [5.41, 5.74) is 1.55. The minimum Gasteiger partial charge on any atom is -0.370 e. The molecule has 0 saturated carbocycles. The van der Waals surface area contributed by atoms with Crippen molar-refractivity contribution in [3.05, 3.63) is 40.0 Å². The van der Waals surface area contributed by atoms with Gasteiger partial charge in [-0.1, -0.05) is 6.92 Å². The zero-order valence-electron chi connectivity index (χ0n) is 14.6. The van der Waals surface area contributed by atoms with Gasteiger partial charge in [0.05, 0.1) is 27.8 Å². The molecule has 0 aliphatic carbocycles. The molecule has 1 aliphatic heterocycles. The van der Waals surface area contributed by atoms with Crippen LogP contribution in [0.25, 0.3) is 0 Å². The molecule has 1 N–H and O–H groups in total. The van der Waals surface area contributed by atoms with Crippen molar-refractivity contribution in [2.24, 2.45) is 0 Å². The lowest BCUT2D eigenvalue weighted by Crippen LogP contribution is -2.43. The van der Waals surface area contributed by atoms with E-state index in [9.17, 15) is 13.2 Å². The largest absolute Gasteiger partial charge is 0.370 e. The van der Waals surface area contributed by atoms with Crippen LogP contribution >= 0.6 is 11.3 Å². The van der Waals surface area contributed by atoms with Crippen molar-refractivity contribution in [3.63, 3.8) is 0 Å². The maximum absolute atomic E-state index is 12.4. The van der Waals surface area contributed by atoms with Crippen LogP contribution in [-0.4, -0.2) is 60.3 Å². The van der Waals surface area contributed by atoms with Crippen molar-refractivity contribution in [2.75, 3.05) is 36.5 Å². The highest BCUT2D eigenvalue weighted by Gasteiger charge is 2.25. The summed E-state index contributed by atoms with van der Waals surface area (Å²) in [6, 6.07) is 3.49. The van der Waals surface area contributed by atoms with Gasteiger partial charge in [-0.15, -0.1) is 11.3 Å². The van der Waals surface area contributed by atoms with Crippen LogP contribution in [0, 0.1) is 0 Å². The fourth-order valence-electron chi connectivity index (χ4n) is 2.67. The number of carbonyl (C=O) groups excluding carboxylic acids is 1. The highest BCUT2D eigenvalue weighted by atomic mass is 32.2. The zero-order chi connectivity index (χ0) is 18.6. The Kier molecular flexibility index (Phi) is 5.87. The van der Waals surface area contributed by atoms with Crippen LogP contribution < -0.4 is 5.32 Å². The third-order valence-electron chi connectivity index (χ3n) is 4.23. The average Bonchev–Trinajstić information content (AvgIpc) is 3.10. The first-order valence-corrected chi connectivity index (χ1v) is 11.3. The second-order valence-electron chi connectivity index (χ2n) is 6.14. The molecule has 0 bridgehead atoms. The minimum absolute atomic E-state index is 0.0299. The third-order valence-corrected chi connectivity index (χ3v) is 6.88. The van der Waals surface area contributed by atoms with Gasteiger partial charge in [0.2, 0.25) is 0 Å². The van der Waals surface area contributed by atoms with E-state index in [1.54, 1.807) is 28.4 Å². The van der Waals surface area contributed by atoms with E-state index in [1.165, 1.54) is 6.20 Å². The lowest BCUT2D eigenvalue weighted by Gasteiger charge is -2.26. The van der Waals surface area contributed by atoms with Crippen LogP contribution in [0.5, 0.6) is 0 Å². The SMILES string of the molecule is CCc1nc(CCNc2ccc(C(=O)N3CCS(=O)(=O)CC3)cn2)cs1. The van der Waals surface area contributed by atoms with Crippen LogP contribution in [0.2, 0.25) is 0 Å². The van der Waals surface area contributed by atoms with E-state index < -0.39 is 9.84 Å². The van der Waals surface area contributed by atoms with E-state index in [-0.39, 0.29) is 30.5 Å². The van der Waals surface area contributed by atoms with Gasteiger partial charge >= 0.3 is 0 Å². The number of aryl methyl sites for hydroxylation is 1. The Labute approximate surface area is 157 Å². The van der Waals surface area contributed by atoms with Gasteiger partial charge in [0, 0.05) is 37.6 Å². The van der Waals surface area contributed by atoms with Gasteiger partial charge in [-0.25, -0.2) is 18.4 Å². The van der Waals surface area contributed by atoms with Gasteiger partial charge in [-0.3, -0.25) is 4.79 Å². The molecule has 9 heteroatoms. The first-order chi connectivity index (χ1) is 12.5. The lowest BCUT2D eigenvalue weighted by atomic mass is 10.2. The second kappa shape index (κ2) is 8.13. The summed E-state index contributed by atoms with van der Waals surface area (Å²) >= 11 is 1.68. The number of nitrogens with zero attached hydrogens (tertiary/aromatic N) is 3. The molecular weight excluding hydrogens is 372 g/mol. The highest BCUT2D eigenvalue weighted by Crippen LogP contribution is 2.13. The fraction of sp³-hybridized carbons (Fsp3) is 0.471. The van der Waals surface area contributed by atoms with E-state index in [2.05, 4.69) is 27.6 Å². The number of pyridine rings is 1. The number of hydrogen-bond donors (Lipinski definition) is 1. The molecule has 0 unspecified atom stereocenters. The van der Waals surface area contributed by atoms with Gasteiger partial charge < -0.3 is 10.2 Å². The Bertz CT molecular complexity index is 848. The molecular formula is C17H22N4O3S2. The van der Waals surface area contributed by atoms with Crippen molar-refractivity contribution in [2.45, 2.75) is 19.8 Å². The Morgan fingerprint density at radius 3 is 2.69 bits per heavy atom. The van der Waals surface area contributed by atoms with Crippen LogP contribution in [-0.2, 0) is 22.7 Å². The quantitative estimate of drug-likeness (QED) is 0.800. The van der Waals surface area contributed by atoms with E-state index in [4.69, 9.17) is 0 Å². The molecule has 0 radical (unpaired) electrons. The van der Waals surface area contributed by atoms with Crippen molar-refractivity contribution < 1.29 is 13.2 Å². The Hall–Kier alpha value is -2.00. The Morgan fingerprint density at radius 2 is 2.08 bits per heavy atom. The average molecular weight is 395 g/mol.